The van der Waals surface area contributed by atoms with Crippen LogP contribution in [0.4, 0.5) is 0 Å². The highest BCUT2D eigenvalue weighted by molar-refractivity contribution is 5.76. The van der Waals surface area contributed by atoms with E-state index < -0.39 is 12.1 Å². The van der Waals surface area contributed by atoms with E-state index in [0.29, 0.717) is 25.9 Å². The molecule has 6 nitrogen and oxygen atoms in total. The van der Waals surface area contributed by atoms with Gasteiger partial charge in [-0.3, -0.25) is 9.59 Å². The van der Waals surface area contributed by atoms with Crippen LogP contribution in [0.1, 0.15) is 303 Å². The third-order valence-corrected chi connectivity index (χ3v) is 12.7. The Hall–Kier alpha value is -1.14. The maximum Gasteiger partial charge on any atom is 0.305 e. The van der Waals surface area contributed by atoms with Gasteiger partial charge in [-0.05, 0) is 25.7 Å². The van der Waals surface area contributed by atoms with E-state index in [2.05, 4.69) is 19.2 Å². The highest BCUT2D eigenvalue weighted by Gasteiger charge is 2.20. The van der Waals surface area contributed by atoms with E-state index in [4.69, 9.17) is 4.74 Å². The number of unbranched alkanes of at least 4 members (excludes halogenated alkanes) is 39. The summed E-state index contributed by atoms with van der Waals surface area (Å²) in [6, 6.07) is -0.549. The van der Waals surface area contributed by atoms with E-state index in [0.717, 1.165) is 51.4 Å². The van der Waals surface area contributed by atoms with Crippen molar-refractivity contribution < 1.29 is 24.5 Å². The Balaban J connectivity index is 3.44. The quantitative estimate of drug-likeness (QED) is 0.0419. The molecular weight excluding hydrogens is 731 g/mol. The summed E-state index contributed by atoms with van der Waals surface area (Å²) in [4.78, 5) is 24.5. The number of carbonyl (C=O) groups excluding carboxylic acids is 2. The Kier molecular flexibility index (Phi) is 48.6. The zero-order chi connectivity index (χ0) is 43.0. The number of rotatable bonds is 50. The molecule has 0 fully saturated rings. The minimum atomic E-state index is -0.671. The van der Waals surface area contributed by atoms with Crippen LogP contribution < -0.4 is 5.32 Å². The van der Waals surface area contributed by atoms with E-state index in [-0.39, 0.29) is 18.5 Å². The van der Waals surface area contributed by atoms with Gasteiger partial charge in [-0.15, -0.1) is 0 Å². The van der Waals surface area contributed by atoms with Gasteiger partial charge >= 0.3 is 5.97 Å². The average molecular weight is 836 g/mol. The van der Waals surface area contributed by atoms with Crippen molar-refractivity contribution in [3.8, 4) is 0 Å². The molecule has 0 aromatic heterocycles. The van der Waals surface area contributed by atoms with Crippen molar-refractivity contribution in [3.63, 3.8) is 0 Å². The first kappa shape index (κ1) is 57.9. The number of esters is 1. The lowest BCUT2D eigenvalue weighted by Crippen LogP contribution is -2.45. The van der Waals surface area contributed by atoms with Crippen molar-refractivity contribution in [1.82, 2.24) is 5.32 Å². The normalized spacial score (nSPS) is 12.5. The molecule has 0 radical (unpaired) electrons. The first-order valence-corrected chi connectivity index (χ1v) is 26.8. The monoisotopic (exact) mass is 836 g/mol. The summed E-state index contributed by atoms with van der Waals surface area (Å²) >= 11 is 0. The molecule has 1 amide bonds. The Bertz CT molecular complexity index is 837. The molecule has 0 aromatic carbocycles. The number of amides is 1. The highest BCUT2D eigenvalue weighted by atomic mass is 16.5. The number of hydrogen-bond acceptors (Lipinski definition) is 5. The zero-order valence-corrected chi connectivity index (χ0v) is 40.0. The molecule has 0 bridgehead atoms. The predicted molar refractivity (Wildman–Crippen MR) is 255 cm³/mol. The third-order valence-electron chi connectivity index (χ3n) is 12.7. The number of aliphatic hydroxyl groups is 2. The van der Waals surface area contributed by atoms with E-state index in [1.807, 2.05) is 0 Å². The molecule has 2 unspecified atom stereocenters. The molecule has 6 heteroatoms. The van der Waals surface area contributed by atoms with Gasteiger partial charge in [0.2, 0.25) is 5.91 Å². The van der Waals surface area contributed by atoms with Crippen molar-refractivity contribution in [3.05, 3.63) is 0 Å². The van der Waals surface area contributed by atoms with Crippen molar-refractivity contribution in [1.29, 1.82) is 0 Å². The van der Waals surface area contributed by atoms with Crippen LogP contribution in [0.15, 0.2) is 0 Å². The molecule has 0 aliphatic carbocycles. The van der Waals surface area contributed by atoms with E-state index in [9.17, 15) is 19.8 Å². The molecule has 2 atom stereocenters. The summed E-state index contributed by atoms with van der Waals surface area (Å²) in [5.41, 5.74) is 0. The van der Waals surface area contributed by atoms with Crippen molar-refractivity contribution >= 4 is 11.9 Å². The fourth-order valence-electron chi connectivity index (χ4n) is 8.52. The summed E-state index contributed by atoms with van der Waals surface area (Å²) in [5.74, 6) is -0.0482. The van der Waals surface area contributed by atoms with Crippen LogP contribution in [0.25, 0.3) is 0 Å². The molecule has 59 heavy (non-hydrogen) atoms. The van der Waals surface area contributed by atoms with Gasteiger partial charge in [-0.25, -0.2) is 0 Å². The van der Waals surface area contributed by atoms with Gasteiger partial charge in [0.1, 0.15) is 0 Å². The standard InChI is InChI=1S/C53H105NO5/c1-3-5-7-9-11-13-15-17-18-19-22-25-29-33-37-41-45-51(56)50(49-55)54-52(57)46-42-38-34-30-26-23-20-24-28-32-36-40-44-48-59-53(58)47-43-39-35-31-27-21-16-14-12-10-8-6-4-2/h50-51,55-56H,3-49H2,1-2H3,(H,54,57). The van der Waals surface area contributed by atoms with Crippen LogP contribution >= 0.6 is 0 Å². The van der Waals surface area contributed by atoms with Gasteiger partial charge in [0.15, 0.2) is 0 Å². The van der Waals surface area contributed by atoms with E-state index >= 15 is 0 Å². The summed E-state index contributed by atoms with van der Waals surface area (Å²) in [6.45, 7) is 4.94. The summed E-state index contributed by atoms with van der Waals surface area (Å²) in [7, 11) is 0. The van der Waals surface area contributed by atoms with Crippen LogP contribution in [0, 0.1) is 0 Å². The summed E-state index contributed by atoms with van der Waals surface area (Å²) < 4.78 is 5.46. The SMILES string of the molecule is CCCCCCCCCCCCCCCCCCC(O)C(CO)NC(=O)CCCCCCCCCCCCCCCOC(=O)CCCCCCCCCCCCCCC. The van der Waals surface area contributed by atoms with Crippen LogP contribution in [-0.4, -0.2) is 47.4 Å². The smallest absolute Gasteiger partial charge is 0.305 e. The number of ether oxygens (including phenoxy) is 1. The molecule has 3 N–H and O–H groups in total. The second-order valence-electron chi connectivity index (χ2n) is 18.6. The largest absolute Gasteiger partial charge is 0.466 e. The number of carbonyl (C=O) groups is 2. The van der Waals surface area contributed by atoms with Crippen LogP contribution in [0.2, 0.25) is 0 Å². The second kappa shape index (κ2) is 49.5. The summed E-state index contributed by atoms with van der Waals surface area (Å²) in [5, 5.41) is 23.2. The third kappa shape index (κ3) is 46.2. The van der Waals surface area contributed by atoms with Gasteiger partial charge in [0.25, 0.3) is 0 Å². The van der Waals surface area contributed by atoms with Gasteiger partial charge < -0.3 is 20.3 Å². The zero-order valence-electron chi connectivity index (χ0n) is 40.0. The Morgan fingerprint density at radius 1 is 0.407 bits per heavy atom. The lowest BCUT2D eigenvalue weighted by Gasteiger charge is -2.22. The van der Waals surface area contributed by atoms with Crippen LogP contribution in [-0.2, 0) is 14.3 Å². The predicted octanol–water partition coefficient (Wildman–Crippen LogP) is 16.0. The van der Waals surface area contributed by atoms with E-state index in [1.165, 1.54) is 218 Å². The molecule has 0 aromatic rings. The number of nitrogens with one attached hydrogen (secondary N) is 1. The van der Waals surface area contributed by atoms with Gasteiger partial charge in [-0.1, -0.05) is 264 Å². The van der Waals surface area contributed by atoms with E-state index in [1.54, 1.807) is 0 Å². The minimum absolute atomic E-state index is 0.00308. The fraction of sp³-hybridized carbons (Fsp3) is 0.962. The second-order valence-corrected chi connectivity index (χ2v) is 18.6. The van der Waals surface area contributed by atoms with Gasteiger partial charge in [0, 0.05) is 12.8 Å². The number of hydrogen-bond donors (Lipinski definition) is 3. The van der Waals surface area contributed by atoms with Crippen molar-refractivity contribution in [2.24, 2.45) is 0 Å². The van der Waals surface area contributed by atoms with Crippen LogP contribution in [0.5, 0.6) is 0 Å². The van der Waals surface area contributed by atoms with Gasteiger partial charge in [-0.2, -0.15) is 0 Å². The molecule has 0 saturated heterocycles. The minimum Gasteiger partial charge on any atom is -0.466 e. The van der Waals surface area contributed by atoms with Crippen molar-refractivity contribution in [2.45, 2.75) is 315 Å². The molecule has 0 aliphatic heterocycles. The Morgan fingerprint density at radius 2 is 0.695 bits per heavy atom. The maximum atomic E-state index is 12.5. The first-order chi connectivity index (χ1) is 29.0. The fourth-order valence-corrected chi connectivity index (χ4v) is 8.52. The average Bonchev–Trinajstić information content (AvgIpc) is 3.24. The molecule has 0 spiro atoms. The highest BCUT2D eigenvalue weighted by Crippen LogP contribution is 2.17. The molecule has 0 saturated carbocycles. The van der Waals surface area contributed by atoms with Crippen molar-refractivity contribution in [2.75, 3.05) is 13.2 Å². The lowest BCUT2D eigenvalue weighted by molar-refractivity contribution is -0.143. The molecular formula is C53H105NO5. The Morgan fingerprint density at radius 3 is 1.03 bits per heavy atom. The first-order valence-electron chi connectivity index (χ1n) is 26.8. The molecule has 0 rings (SSSR count). The topological polar surface area (TPSA) is 95.9 Å². The molecule has 0 aliphatic rings. The molecule has 352 valence electrons. The number of aliphatic hydroxyl groups excluding tert-OH is 2. The van der Waals surface area contributed by atoms with Crippen LogP contribution in [0.3, 0.4) is 0 Å². The maximum absolute atomic E-state index is 12.5. The van der Waals surface area contributed by atoms with Gasteiger partial charge in [0.05, 0.1) is 25.4 Å². The Labute approximate surface area is 368 Å². The lowest BCUT2D eigenvalue weighted by atomic mass is 10.0. The molecule has 0 heterocycles. The summed E-state index contributed by atoms with van der Waals surface area (Å²) in [6.07, 6.45) is 55.0.